The highest BCUT2D eigenvalue weighted by atomic mass is 35.5. The fourth-order valence-corrected chi connectivity index (χ4v) is 4.86. The summed E-state index contributed by atoms with van der Waals surface area (Å²) < 4.78 is 27.3. The fraction of sp³-hybridized carbons (Fsp3) is 0.571. The first-order valence-electron chi connectivity index (χ1n) is 7.41. The van der Waals surface area contributed by atoms with Gasteiger partial charge in [-0.05, 0) is 24.8 Å². The molecular formula is C14H22ClN3O4S. The summed E-state index contributed by atoms with van der Waals surface area (Å²) >= 11 is 0. The number of non-ortho nitro benzene ring substituents is 1. The van der Waals surface area contributed by atoms with Crippen molar-refractivity contribution in [2.24, 2.45) is 5.73 Å². The predicted octanol–water partition coefficient (Wildman–Crippen LogP) is 2.08. The Morgan fingerprint density at radius 2 is 2.09 bits per heavy atom. The van der Waals surface area contributed by atoms with Crippen molar-refractivity contribution in [2.45, 2.75) is 43.5 Å². The molecular weight excluding hydrogens is 342 g/mol. The average Bonchev–Trinajstić information content (AvgIpc) is 2.53. The molecule has 23 heavy (non-hydrogen) atoms. The smallest absolute Gasteiger partial charge is 0.270 e. The summed E-state index contributed by atoms with van der Waals surface area (Å²) in [6.07, 6.45) is 2.95. The lowest BCUT2D eigenvalue weighted by molar-refractivity contribution is -0.385. The van der Waals surface area contributed by atoms with E-state index in [4.69, 9.17) is 5.73 Å². The van der Waals surface area contributed by atoms with Crippen molar-refractivity contribution in [3.8, 4) is 0 Å². The third-order valence-electron chi connectivity index (χ3n) is 4.07. The second kappa shape index (κ2) is 8.05. The van der Waals surface area contributed by atoms with Gasteiger partial charge in [-0.1, -0.05) is 19.4 Å². The first-order valence-corrected chi connectivity index (χ1v) is 8.85. The standard InChI is InChI=1S/C14H21N3O4S.ClH/c1-2-11-6-7-12(17(18)19)9-14(11)22(20,21)16-8-4-3-5-13(16)10-15;/h6-7,9,13H,2-5,8,10,15H2,1H3;1H. The average molecular weight is 364 g/mol. The van der Waals surface area contributed by atoms with E-state index in [0.29, 0.717) is 18.5 Å². The Morgan fingerprint density at radius 3 is 2.65 bits per heavy atom. The molecule has 1 atom stereocenters. The molecule has 0 bridgehead atoms. The van der Waals surface area contributed by atoms with E-state index < -0.39 is 14.9 Å². The van der Waals surface area contributed by atoms with Gasteiger partial charge in [0, 0.05) is 31.3 Å². The van der Waals surface area contributed by atoms with Crippen molar-refractivity contribution < 1.29 is 13.3 Å². The predicted molar refractivity (Wildman–Crippen MR) is 90.3 cm³/mol. The molecule has 7 nitrogen and oxygen atoms in total. The van der Waals surface area contributed by atoms with Crippen molar-refractivity contribution >= 4 is 28.1 Å². The second-order valence-electron chi connectivity index (χ2n) is 5.40. The van der Waals surface area contributed by atoms with Crippen LogP contribution in [0.5, 0.6) is 0 Å². The van der Waals surface area contributed by atoms with Crippen LogP contribution in [0.1, 0.15) is 31.7 Å². The highest BCUT2D eigenvalue weighted by Gasteiger charge is 2.34. The van der Waals surface area contributed by atoms with Crippen molar-refractivity contribution in [3.05, 3.63) is 33.9 Å². The Hall–Kier alpha value is -1.22. The number of rotatable bonds is 5. The quantitative estimate of drug-likeness (QED) is 0.636. The highest BCUT2D eigenvalue weighted by molar-refractivity contribution is 7.89. The summed E-state index contributed by atoms with van der Waals surface area (Å²) in [4.78, 5) is 10.4. The van der Waals surface area contributed by atoms with Gasteiger partial charge in [-0.15, -0.1) is 12.4 Å². The van der Waals surface area contributed by atoms with Crippen molar-refractivity contribution in [2.75, 3.05) is 13.1 Å². The van der Waals surface area contributed by atoms with Gasteiger partial charge in [0.05, 0.1) is 9.82 Å². The SMILES string of the molecule is CCc1ccc([N+](=O)[O-])cc1S(=O)(=O)N1CCCCC1CN.Cl. The molecule has 1 saturated heterocycles. The number of piperidine rings is 1. The number of nitrogens with zero attached hydrogens (tertiary/aromatic N) is 2. The maximum absolute atomic E-state index is 13.0. The van der Waals surface area contributed by atoms with Gasteiger partial charge < -0.3 is 5.73 Å². The minimum absolute atomic E-state index is 0. The molecule has 1 fully saturated rings. The Morgan fingerprint density at radius 1 is 1.39 bits per heavy atom. The zero-order chi connectivity index (χ0) is 16.3. The molecule has 0 aliphatic carbocycles. The number of nitrogens with two attached hydrogens (primary N) is 1. The number of hydrogen-bond donors (Lipinski definition) is 1. The summed E-state index contributed by atoms with van der Waals surface area (Å²) in [5.41, 5.74) is 6.08. The van der Waals surface area contributed by atoms with E-state index in [0.717, 1.165) is 25.3 Å². The lowest BCUT2D eigenvalue weighted by Crippen LogP contribution is -2.47. The molecule has 0 saturated carbocycles. The molecule has 2 N–H and O–H groups in total. The van der Waals surface area contributed by atoms with Crippen LogP contribution in [-0.4, -0.2) is 36.8 Å². The van der Waals surface area contributed by atoms with Gasteiger partial charge in [0.2, 0.25) is 10.0 Å². The molecule has 1 unspecified atom stereocenters. The number of aryl methyl sites for hydroxylation is 1. The fourth-order valence-electron chi connectivity index (χ4n) is 2.84. The van der Waals surface area contributed by atoms with Gasteiger partial charge in [-0.3, -0.25) is 10.1 Å². The first-order chi connectivity index (χ1) is 10.4. The molecule has 0 aromatic heterocycles. The van der Waals surface area contributed by atoms with Gasteiger partial charge >= 0.3 is 0 Å². The normalized spacial score (nSPS) is 19.1. The molecule has 130 valence electrons. The van der Waals surface area contributed by atoms with Crippen molar-refractivity contribution in [1.82, 2.24) is 4.31 Å². The molecule has 9 heteroatoms. The molecule has 0 spiro atoms. The summed E-state index contributed by atoms with van der Waals surface area (Å²) in [5, 5.41) is 11.0. The highest BCUT2D eigenvalue weighted by Crippen LogP contribution is 2.29. The Kier molecular flexibility index (Phi) is 6.94. The van der Waals surface area contributed by atoms with E-state index in [1.54, 1.807) is 0 Å². The van der Waals surface area contributed by atoms with Gasteiger partial charge in [0.15, 0.2) is 0 Å². The molecule has 1 aliphatic heterocycles. The summed E-state index contributed by atoms with van der Waals surface area (Å²) in [6, 6.07) is 3.79. The summed E-state index contributed by atoms with van der Waals surface area (Å²) in [6.45, 7) is 2.50. The zero-order valence-electron chi connectivity index (χ0n) is 13.0. The third-order valence-corrected chi connectivity index (χ3v) is 6.11. The van der Waals surface area contributed by atoms with Gasteiger partial charge in [-0.2, -0.15) is 4.31 Å². The van der Waals surface area contributed by atoms with E-state index >= 15 is 0 Å². The van der Waals surface area contributed by atoms with E-state index in [9.17, 15) is 18.5 Å². The monoisotopic (exact) mass is 363 g/mol. The minimum atomic E-state index is -3.77. The Labute approximate surface area is 142 Å². The van der Waals surface area contributed by atoms with Gasteiger partial charge in [-0.25, -0.2) is 8.42 Å². The van der Waals surface area contributed by atoms with Crippen LogP contribution in [-0.2, 0) is 16.4 Å². The van der Waals surface area contributed by atoms with Crippen LogP contribution in [0.3, 0.4) is 0 Å². The zero-order valence-corrected chi connectivity index (χ0v) is 14.6. The van der Waals surface area contributed by atoms with Crippen LogP contribution in [0, 0.1) is 10.1 Å². The number of sulfonamides is 1. The van der Waals surface area contributed by atoms with Crippen molar-refractivity contribution in [1.29, 1.82) is 0 Å². The summed E-state index contributed by atoms with van der Waals surface area (Å²) in [5.74, 6) is 0. The van der Waals surface area contributed by atoms with E-state index in [2.05, 4.69) is 0 Å². The number of nitro groups is 1. The van der Waals surface area contributed by atoms with Crippen LogP contribution in [0.4, 0.5) is 5.69 Å². The largest absolute Gasteiger partial charge is 0.329 e. The van der Waals surface area contributed by atoms with Gasteiger partial charge in [0.1, 0.15) is 0 Å². The number of benzene rings is 1. The number of nitro benzene ring substituents is 1. The molecule has 1 aliphatic rings. The lowest BCUT2D eigenvalue weighted by atomic mass is 10.1. The van der Waals surface area contributed by atoms with Crippen LogP contribution in [0.15, 0.2) is 23.1 Å². The molecule has 2 rings (SSSR count). The second-order valence-corrected chi connectivity index (χ2v) is 7.26. The third kappa shape index (κ3) is 4.00. The molecule has 1 aromatic carbocycles. The minimum Gasteiger partial charge on any atom is -0.329 e. The lowest BCUT2D eigenvalue weighted by Gasteiger charge is -2.34. The Bertz CT molecular complexity index is 666. The maximum Gasteiger partial charge on any atom is 0.270 e. The van der Waals surface area contributed by atoms with Crippen LogP contribution in [0.25, 0.3) is 0 Å². The van der Waals surface area contributed by atoms with Gasteiger partial charge in [0.25, 0.3) is 5.69 Å². The molecule has 1 aromatic rings. The van der Waals surface area contributed by atoms with Crippen LogP contribution in [0.2, 0.25) is 0 Å². The van der Waals surface area contributed by atoms with Crippen LogP contribution < -0.4 is 5.73 Å². The maximum atomic E-state index is 13.0. The van der Waals surface area contributed by atoms with E-state index in [1.165, 1.54) is 16.4 Å². The summed E-state index contributed by atoms with van der Waals surface area (Å²) in [7, 11) is -3.77. The number of halogens is 1. The molecule has 0 amide bonds. The van der Waals surface area contributed by atoms with Crippen LogP contribution >= 0.6 is 12.4 Å². The topological polar surface area (TPSA) is 107 Å². The van der Waals surface area contributed by atoms with E-state index in [-0.39, 0.29) is 35.6 Å². The van der Waals surface area contributed by atoms with Crippen molar-refractivity contribution in [3.63, 3.8) is 0 Å². The molecule has 1 heterocycles. The van der Waals surface area contributed by atoms with E-state index in [1.807, 2.05) is 6.92 Å². The first kappa shape index (κ1) is 19.8. The Balaban J connectivity index is 0.00000264. The number of hydrogen-bond acceptors (Lipinski definition) is 5. The molecule has 0 radical (unpaired) electrons.